The number of aromatic nitrogens is 3. The smallest absolute Gasteiger partial charge is 0.165 e. The molecular formula is C25H31ClFN3O5. The van der Waals surface area contributed by atoms with Crippen molar-refractivity contribution in [3.05, 3.63) is 70.8 Å². The molecule has 1 aromatic heterocycles. The molecule has 35 heavy (non-hydrogen) atoms. The van der Waals surface area contributed by atoms with E-state index in [1.807, 2.05) is 26.0 Å². The van der Waals surface area contributed by atoms with Crippen LogP contribution in [0, 0.1) is 12.7 Å². The van der Waals surface area contributed by atoms with Crippen molar-refractivity contribution in [3.8, 4) is 11.5 Å². The standard InChI is InChI=1S/C25H31ClFN3O5/c1-16-23(13-31)28-29-30(16)12-20(33)15-34-21-7-4-17(5-8-21)25(2,3)18-6-9-24(22(27)10-18)35-14-19(32)11-26/h4-10,19-20,31-33H,11-15H2,1-3H3. The first-order chi connectivity index (χ1) is 16.6. The Balaban J connectivity index is 1.60. The normalized spacial score (nSPS) is 13.5. The molecular weight excluding hydrogens is 477 g/mol. The van der Waals surface area contributed by atoms with Gasteiger partial charge in [-0.2, -0.15) is 0 Å². The predicted octanol–water partition coefficient (Wildman–Crippen LogP) is 2.96. The van der Waals surface area contributed by atoms with Gasteiger partial charge in [-0.05, 0) is 42.3 Å². The minimum absolute atomic E-state index is 0.0123. The van der Waals surface area contributed by atoms with E-state index in [9.17, 15) is 19.7 Å². The summed E-state index contributed by atoms with van der Waals surface area (Å²) in [5.41, 5.74) is 2.38. The maximum absolute atomic E-state index is 14.6. The van der Waals surface area contributed by atoms with E-state index in [1.165, 1.54) is 10.7 Å². The van der Waals surface area contributed by atoms with E-state index in [4.69, 9.17) is 21.1 Å². The summed E-state index contributed by atoms with van der Waals surface area (Å²) in [6.07, 6.45) is -1.67. The summed E-state index contributed by atoms with van der Waals surface area (Å²) in [7, 11) is 0. The molecule has 3 aromatic rings. The highest BCUT2D eigenvalue weighted by atomic mass is 35.5. The molecule has 3 rings (SSSR count). The first-order valence-corrected chi connectivity index (χ1v) is 11.8. The lowest BCUT2D eigenvalue weighted by atomic mass is 9.78. The van der Waals surface area contributed by atoms with Gasteiger partial charge in [-0.3, -0.25) is 0 Å². The Labute approximate surface area is 208 Å². The molecule has 0 radical (unpaired) electrons. The molecule has 0 saturated heterocycles. The van der Waals surface area contributed by atoms with Crippen LogP contribution in [0.25, 0.3) is 0 Å². The second kappa shape index (κ2) is 11.8. The molecule has 0 aliphatic carbocycles. The van der Waals surface area contributed by atoms with Crippen molar-refractivity contribution in [3.63, 3.8) is 0 Å². The van der Waals surface area contributed by atoms with Gasteiger partial charge < -0.3 is 24.8 Å². The van der Waals surface area contributed by atoms with Crippen LogP contribution in [0.2, 0.25) is 0 Å². The third-order valence-electron chi connectivity index (χ3n) is 5.89. The van der Waals surface area contributed by atoms with Crippen molar-refractivity contribution in [2.24, 2.45) is 0 Å². The van der Waals surface area contributed by atoms with Crippen molar-refractivity contribution in [1.82, 2.24) is 15.0 Å². The summed E-state index contributed by atoms with van der Waals surface area (Å²) in [6.45, 7) is 5.71. The Morgan fingerprint density at radius 1 is 1.03 bits per heavy atom. The number of ether oxygens (including phenoxy) is 2. The highest BCUT2D eigenvalue weighted by Crippen LogP contribution is 2.34. The summed E-state index contributed by atoms with van der Waals surface area (Å²) >= 11 is 5.54. The first kappa shape index (κ1) is 26.9. The van der Waals surface area contributed by atoms with Gasteiger partial charge in [-0.25, -0.2) is 9.07 Å². The molecule has 3 N–H and O–H groups in total. The van der Waals surface area contributed by atoms with Crippen LogP contribution in [0.5, 0.6) is 11.5 Å². The van der Waals surface area contributed by atoms with E-state index < -0.39 is 23.4 Å². The Morgan fingerprint density at radius 3 is 2.29 bits per heavy atom. The second-order valence-electron chi connectivity index (χ2n) is 8.84. The summed E-state index contributed by atoms with van der Waals surface area (Å²) in [4.78, 5) is 0. The Bertz CT molecular complexity index is 1110. The Hall–Kier alpha value is -2.72. The van der Waals surface area contributed by atoms with E-state index in [1.54, 1.807) is 31.2 Å². The minimum atomic E-state index is -0.861. The van der Waals surface area contributed by atoms with Gasteiger partial charge in [0.1, 0.15) is 36.9 Å². The summed E-state index contributed by atoms with van der Waals surface area (Å²) < 4.78 is 27.1. The van der Waals surface area contributed by atoms with Crippen LogP contribution in [0.1, 0.15) is 36.4 Å². The van der Waals surface area contributed by atoms with Gasteiger partial charge >= 0.3 is 0 Å². The molecule has 0 amide bonds. The van der Waals surface area contributed by atoms with Crippen LogP contribution >= 0.6 is 11.6 Å². The fraction of sp³-hybridized carbons (Fsp3) is 0.440. The van der Waals surface area contributed by atoms with Crippen LogP contribution in [-0.2, 0) is 18.6 Å². The maximum Gasteiger partial charge on any atom is 0.165 e. The van der Waals surface area contributed by atoms with Gasteiger partial charge in [0.15, 0.2) is 11.6 Å². The maximum atomic E-state index is 14.6. The number of hydrogen-bond donors (Lipinski definition) is 3. The number of hydrogen-bond acceptors (Lipinski definition) is 7. The molecule has 8 nitrogen and oxygen atoms in total. The number of nitrogens with zero attached hydrogens (tertiary/aromatic N) is 3. The third-order valence-corrected chi connectivity index (χ3v) is 6.25. The quantitative estimate of drug-likeness (QED) is 0.323. The van der Waals surface area contributed by atoms with Gasteiger partial charge in [0.25, 0.3) is 0 Å². The fourth-order valence-electron chi connectivity index (χ4n) is 3.53. The average molecular weight is 508 g/mol. The van der Waals surface area contributed by atoms with E-state index in [0.29, 0.717) is 17.1 Å². The number of alkyl halides is 1. The van der Waals surface area contributed by atoms with E-state index >= 15 is 0 Å². The van der Waals surface area contributed by atoms with Gasteiger partial charge in [0, 0.05) is 5.41 Å². The first-order valence-electron chi connectivity index (χ1n) is 11.2. The highest BCUT2D eigenvalue weighted by molar-refractivity contribution is 6.18. The lowest BCUT2D eigenvalue weighted by molar-refractivity contribution is 0.0882. The SMILES string of the molecule is Cc1c(CO)nnn1CC(O)COc1ccc(C(C)(C)c2ccc(OCC(O)CCl)c(F)c2)cc1. The van der Waals surface area contributed by atoms with Gasteiger partial charge in [0.2, 0.25) is 0 Å². The second-order valence-corrected chi connectivity index (χ2v) is 9.15. The summed E-state index contributed by atoms with van der Waals surface area (Å²) in [5, 5.41) is 36.8. The number of rotatable bonds is 12. The zero-order valence-corrected chi connectivity index (χ0v) is 20.7. The molecule has 0 saturated carbocycles. The summed E-state index contributed by atoms with van der Waals surface area (Å²) in [6, 6.07) is 12.2. The van der Waals surface area contributed by atoms with Crippen LogP contribution < -0.4 is 9.47 Å². The van der Waals surface area contributed by atoms with Crippen LogP contribution in [0.4, 0.5) is 4.39 Å². The number of halogens is 2. The third kappa shape index (κ3) is 6.70. The van der Waals surface area contributed by atoms with Crippen molar-refractivity contribution >= 4 is 11.6 Å². The molecule has 0 fully saturated rings. The monoisotopic (exact) mass is 507 g/mol. The van der Waals surface area contributed by atoms with Crippen molar-refractivity contribution < 1.29 is 29.2 Å². The predicted molar refractivity (Wildman–Crippen MR) is 129 cm³/mol. The minimum Gasteiger partial charge on any atom is -0.491 e. The van der Waals surface area contributed by atoms with Gasteiger partial charge in [0.05, 0.1) is 24.7 Å². The molecule has 2 unspecified atom stereocenters. The largest absolute Gasteiger partial charge is 0.491 e. The molecule has 2 atom stereocenters. The average Bonchev–Trinajstić information content (AvgIpc) is 3.20. The molecule has 2 aromatic carbocycles. The molecule has 1 heterocycles. The van der Waals surface area contributed by atoms with E-state index in [0.717, 1.165) is 11.1 Å². The molecule has 0 aliphatic heterocycles. The van der Waals surface area contributed by atoms with Gasteiger partial charge in [-0.1, -0.05) is 37.3 Å². The number of benzene rings is 2. The van der Waals surface area contributed by atoms with Crippen molar-refractivity contribution in [2.45, 2.75) is 51.5 Å². The highest BCUT2D eigenvalue weighted by Gasteiger charge is 2.25. The molecule has 0 spiro atoms. The molecule has 10 heteroatoms. The topological polar surface area (TPSA) is 110 Å². The Morgan fingerprint density at radius 2 is 1.69 bits per heavy atom. The van der Waals surface area contributed by atoms with E-state index in [2.05, 4.69) is 10.3 Å². The number of aliphatic hydroxyl groups is 3. The van der Waals surface area contributed by atoms with E-state index in [-0.39, 0.29) is 38.0 Å². The van der Waals surface area contributed by atoms with Crippen LogP contribution in [0.3, 0.4) is 0 Å². The number of aliphatic hydroxyl groups excluding tert-OH is 3. The summed E-state index contributed by atoms with van der Waals surface area (Å²) in [5.74, 6) is 0.144. The van der Waals surface area contributed by atoms with Crippen LogP contribution in [0.15, 0.2) is 42.5 Å². The van der Waals surface area contributed by atoms with Gasteiger partial charge in [-0.15, -0.1) is 16.7 Å². The van der Waals surface area contributed by atoms with Crippen molar-refractivity contribution in [2.75, 3.05) is 19.1 Å². The fourth-order valence-corrected chi connectivity index (χ4v) is 3.62. The molecule has 0 aliphatic rings. The zero-order valence-electron chi connectivity index (χ0n) is 20.0. The molecule has 190 valence electrons. The lowest BCUT2D eigenvalue weighted by Crippen LogP contribution is -2.25. The van der Waals surface area contributed by atoms with Crippen LogP contribution in [-0.4, -0.2) is 61.6 Å². The molecule has 0 bridgehead atoms. The Kier molecular flexibility index (Phi) is 9.07. The van der Waals surface area contributed by atoms with Crippen molar-refractivity contribution in [1.29, 1.82) is 0 Å². The lowest BCUT2D eigenvalue weighted by Gasteiger charge is -2.27. The zero-order chi connectivity index (χ0) is 25.6.